The van der Waals surface area contributed by atoms with Crippen molar-refractivity contribution in [1.29, 1.82) is 0 Å². The second kappa shape index (κ2) is 9.03. The van der Waals surface area contributed by atoms with E-state index >= 15 is 0 Å². The maximum Gasteiger partial charge on any atom is 0.282 e. The summed E-state index contributed by atoms with van der Waals surface area (Å²) in [6.07, 6.45) is 0.00159. The number of anilines is 2. The SMILES string of the molecule is CC(C)Oc1ccc(NC2=C(c3ccc(F)cc3)C(=O)N(c3ccc(F)c(Cl)c3)C2=O)cc1. The number of hydrogen-bond donors (Lipinski definition) is 1. The average Bonchev–Trinajstić information content (AvgIpc) is 3.01. The summed E-state index contributed by atoms with van der Waals surface area (Å²) >= 11 is 5.87. The van der Waals surface area contributed by atoms with E-state index in [4.69, 9.17) is 16.3 Å². The first kappa shape index (κ1) is 22.5. The smallest absolute Gasteiger partial charge is 0.282 e. The van der Waals surface area contributed by atoms with Crippen molar-refractivity contribution in [2.24, 2.45) is 0 Å². The van der Waals surface area contributed by atoms with Crippen LogP contribution >= 0.6 is 11.6 Å². The molecule has 0 saturated heterocycles. The van der Waals surface area contributed by atoms with Gasteiger partial charge >= 0.3 is 0 Å². The van der Waals surface area contributed by atoms with Crippen LogP contribution in [0.3, 0.4) is 0 Å². The Hall–Kier alpha value is -3.71. The van der Waals surface area contributed by atoms with Crippen molar-refractivity contribution < 1.29 is 23.1 Å². The summed E-state index contributed by atoms with van der Waals surface area (Å²) in [5.41, 5.74) is 1.08. The molecule has 4 rings (SSSR count). The molecule has 0 aromatic heterocycles. The Morgan fingerprint density at radius 3 is 2.18 bits per heavy atom. The van der Waals surface area contributed by atoms with Gasteiger partial charge in [-0.05, 0) is 74.0 Å². The summed E-state index contributed by atoms with van der Waals surface area (Å²) in [5, 5.41) is 2.78. The van der Waals surface area contributed by atoms with Crippen molar-refractivity contribution in [3.63, 3.8) is 0 Å². The third-order valence-electron chi connectivity index (χ3n) is 4.87. The fraction of sp³-hybridized carbons (Fsp3) is 0.120. The molecule has 8 heteroatoms. The molecule has 0 atom stereocenters. The van der Waals surface area contributed by atoms with Gasteiger partial charge in [-0.1, -0.05) is 23.7 Å². The van der Waals surface area contributed by atoms with E-state index in [1.54, 1.807) is 24.3 Å². The second-order valence-electron chi connectivity index (χ2n) is 7.62. The molecule has 0 radical (unpaired) electrons. The standard InChI is InChI=1S/C25H19ClF2N2O3/c1-14(2)33-19-10-7-17(8-11-19)29-23-22(15-3-5-16(27)6-4-15)24(31)30(25(23)32)18-9-12-21(28)20(26)13-18/h3-14,29H,1-2H3. The average molecular weight is 469 g/mol. The zero-order valence-corrected chi connectivity index (χ0v) is 18.5. The van der Waals surface area contributed by atoms with Crippen LogP contribution in [0.2, 0.25) is 5.02 Å². The summed E-state index contributed by atoms with van der Waals surface area (Å²) in [6, 6.07) is 15.7. The van der Waals surface area contributed by atoms with E-state index in [9.17, 15) is 18.4 Å². The van der Waals surface area contributed by atoms with Gasteiger partial charge in [0.2, 0.25) is 0 Å². The van der Waals surface area contributed by atoms with Crippen LogP contribution in [0.5, 0.6) is 5.75 Å². The number of carbonyl (C=O) groups is 2. The van der Waals surface area contributed by atoms with Crippen LogP contribution in [0, 0.1) is 11.6 Å². The highest BCUT2D eigenvalue weighted by molar-refractivity contribution is 6.46. The van der Waals surface area contributed by atoms with Gasteiger partial charge in [0.25, 0.3) is 11.8 Å². The van der Waals surface area contributed by atoms with Gasteiger partial charge < -0.3 is 10.1 Å². The van der Waals surface area contributed by atoms with Gasteiger partial charge in [0.05, 0.1) is 22.4 Å². The Kier molecular flexibility index (Phi) is 6.16. The zero-order chi connectivity index (χ0) is 23.7. The van der Waals surface area contributed by atoms with E-state index in [1.165, 1.54) is 36.4 Å². The van der Waals surface area contributed by atoms with Crippen LogP contribution in [0.15, 0.2) is 72.4 Å². The summed E-state index contributed by atoms with van der Waals surface area (Å²) in [5.74, 6) is -1.79. The van der Waals surface area contributed by atoms with Crippen LogP contribution in [-0.4, -0.2) is 17.9 Å². The Morgan fingerprint density at radius 2 is 1.58 bits per heavy atom. The molecular weight excluding hydrogens is 450 g/mol. The molecule has 0 aliphatic carbocycles. The molecule has 1 aliphatic heterocycles. The Balaban J connectivity index is 1.75. The number of imide groups is 1. The van der Waals surface area contributed by atoms with Crippen LogP contribution in [0.4, 0.5) is 20.2 Å². The molecule has 168 valence electrons. The third-order valence-corrected chi connectivity index (χ3v) is 5.16. The van der Waals surface area contributed by atoms with Gasteiger partial charge in [-0.15, -0.1) is 0 Å². The number of benzene rings is 3. The number of amides is 2. The molecule has 3 aromatic rings. The van der Waals surface area contributed by atoms with Gasteiger partial charge in [0.1, 0.15) is 23.1 Å². The minimum atomic E-state index is -0.673. The van der Waals surface area contributed by atoms with E-state index < -0.39 is 23.4 Å². The monoisotopic (exact) mass is 468 g/mol. The molecule has 0 unspecified atom stereocenters. The first-order valence-corrected chi connectivity index (χ1v) is 10.5. The van der Waals surface area contributed by atoms with Crippen LogP contribution in [0.1, 0.15) is 19.4 Å². The van der Waals surface area contributed by atoms with E-state index in [0.717, 1.165) is 11.0 Å². The highest BCUT2D eigenvalue weighted by Crippen LogP contribution is 2.35. The van der Waals surface area contributed by atoms with E-state index in [0.29, 0.717) is 17.0 Å². The maximum atomic E-state index is 13.6. The van der Waals surface area contributed by atoms with Crippen molar-refractivity contribution in [3.8, 4) is 5.75 Å². The molecule has 0 fully saturated rings. The molecule has 0 bridgehead atoms. The summed E-state index contributed by atoms with van der Waals surface area (Å²) in [4.78, 5) is 27.6. The maximum absolute atomic E-state index is 13.6. The number of hydrogen-bond acceptors (Lipinski definition) is 4. The molecule has 1 heterocycles. The number of nitrogens with one attached hydrogen (secondary N) is 1. The molecule has 3 aromatic carbocycles. The Bertz CT molecular complexity index is 1260. The van der Waals surface area contributed by atoms with Crippen LogP contribution in [0.25, 0.3) is 5.57 Å². The Labute approximate surface area is 194 Å². The lowest BCUT2D eigenvalue weighted by Gasteiger charge is -2.16. The van der Waals surface area contributed by atoms with Crippen LogP contribution in [-0.2, 0) is 9.59 Å². The molecule has 0 spiro atoms. The highest BCUT2D eigenvalue weighted by atomic mass is 35.5. The molecule has 0 saturated carbocycles. The molecule has 2 amide bonds. The summed E-state index contributed by atoms with van der Waals surface area (Å²) < 4.78 is 32.8. The van der Waals surface area contributed by atoms with E-state index in [2.05, 4.69) is 5.32 Å². The molecule has 33 heavy (non-hydrogen) atoms. The summed E-state index contributed by atoms with van der Waals surface area (Å²) in [7, 11) is 0. The van der Waals surface area contributed by atoms with Gasteiger partial charge in [0, 0.05) is 5.69 Å². The fourth-order valence-electron chi connectivity index (χ4n) is 3.42. The molecule has 1 aliphatic rings. The first-order valence-electron chi connectivity index (χ1n) is 10.1. The van der Waals surface area contributed by atoms with Crippen LogP contribution < -0.4 is 15.0 Å². The summed E-state index contributed by atoms with van der Waals surface area (Å²) in [6.45, 7) is 3.82. The minimum absolute atomic E-state index is 0.00159. The lowest BCUT2D eigenvalue weighted by molar-refractivity contribution is -0.120. The van der Waals surface area contributed by atoms with Gasteiger partial charge in [-0.25, -0.2) is 13.7 Å². The number of halogens is 3. The number of nitrogens with zero attached hydrogens (tertiary/aromatic N) is 1. The zero-order valence-electron chi connectivity index (χ0n) is 17.7. The highest BCUT2D eigenvalue weighted by Gasteiger charge is 2.40. The van der Waals surface area contributed by atoms with Gasteiger partial charge in [0.15, 0.2) is 0 Å². The predicted molar refractivity (Wildman–Crippen MR) is 123 cm³/mol. The molecular formula is C25H19ClF2N2O3. The molecule has 1 N–H and O–H groups in total. The first-order chi connectivity index (χ1) is 15.7. The van der Waals surface area contributed by atoms with Gasteiger partial charge in [-0.2, -0.15) is 0 Å². The lowest BCUT2D eigenvalue weighted by atomic mass is 10.0. The van der Waals surface area contributed by atoms with Crippen molar-refractivity contribution in [2.45, 2.75) is 20.0 Å². The number of ether oxygens (including phenoxy) is 1. The van der Waals surface area contributed by atoms with Crippen molar-refractivity contribution in [2.75, 3.05) is 10.2 Å². The quantitative estimate of drug-likeness (QED) is 0.464. The van der Waals surface area contributed by atoms with Crippen molar-refractivity contribution >= 4 is 40.4 Å². The largest absolute Gasteiger partial charge is 0.491 e. The lowest BCUT2D eigenvalue weighted by Crippen LogP contribution is -2.32. The third kappa shape index (κ3) is 4.59. The normalized spacial score (nSPS) is 13.8. The van der Waals surface area contributed by atoms with Gasteiger partial charge in [-0.3, -0.25) is 9.59 Å². The van der Waals surface area contributed by atoms with E-state index in [-0.39, 0.29) is 28.1 Å². The van der Waals surface area contributed by atoms with Crippen molar-refractivity contribution in [3.05, 3.63) is 94.6 Å². The van der Waals surface area contributed by atoms with E-state index in [1.807, 2.05) is 13.8 Å². The number of rotatable bonds is 6. The van der Waals surface area contributed by atoms with Crippen molar-refractivity contribution in [1.82, 2.24) is 0 Å². The Morgan fingerprint density at radius 1 is 0.909 bits per heavy atom. The second-order valence-corrected chi connectivity index (χ2v) is 8.02. The predicted octanol–water partition coefficient (Wildman–Crippen LogP) is 5.80. The molecule has 5 nitrogen and oxygen atoms in total. The topological polar surface area (TPSA) is 58.6 Å². The fourth-order valence-corrected chi connectivity index (χ4v) is 3.60. The minimum Gasteiger partial charge on any atom is -0.491 e. The number of carbonyl (C=O) groups excluding carboxylic acids is 2.